The Hall–Kier alpha value is -3.93. The molecule has 1 aliphatic heterocycles. The van der Waals surface area contributed by atoms with Gasteiger partial charge in [0.15, 0.2) is 0 Å². The highest BCUT2D eigenvalue weighted by atomic mass is 19.1. The van der Waals surface area contributed by atoms with Crippen molar-refractivity contribution >= 4 is 17.4 Å². The fraction of sp³-hybridized carbons (Fsp3) is 0.0833. The van der Waals surface area contributed by atoms with E-state index in [9.17, 15) is 24.2 Å². The summed E-state index contributed by atoms with van der Waals surface area (Å²) in [7, 11) is 0. The molecule has 1 atom stereocenters. The third-order valence-corrected chi connectivity index (χ3v) is 5.04. The lowest BCUT2D eigenvalue weighted by Gasteiger charge is -2.25. The van der Waals surface area contributed by atoms with Gasteiger partial charge < -0.3 is 15.1 Å². The highest BCUT2D eigenvalue weighted by Crippen LogP contribution is 2.40. The summed E-state index contributed by atoms with van der Waals surface area (Å²) in [5.41, 5.74) is 1.46. The Morgan fingerprint density at radius 1 is 0.933 bits per heavy atom. The second-order valence-electron chi connectivity index (χ2n) is 7.01. The minimum absolute atomic E-state index is 0.0282. The van der Waals surface area contributed by atoms with Crippen molar-refractivity contribution in [2.24, 2.45) is 0 Å². The van der Waals surface area contributed by atoms with Gasteiger partial charge in [0.2, 0.25) is 0 Å². The molecule has 5 nitrogen and oxygen atoms in total. The summed E-state index contributed by atoms with van der Waals surface area (Å²) >= 11 is 0. The molecule has 0 bridgehead atoms. The van der Waals surface area contributed by atoms with E-state index in [-0.39, 0.29) is 23.6 Å². The monoisotopic (exact) mass is 403 g/mol. The van der Waals surface area contributed by atoms with E-state index in [0.717, 1.165) is 0 Å². The van der Waals surface area contributed by atoms with Crippen molar-refractivity contribution in [3.05, 3.63) is 107 Å². The molecule has 2 N–H and O–H groups in total. The van der Waals surface area contributed by atoms with Crippen LogP contribution in [0.2, 0.25) is 0 Å². The number of aliphatic hydroxyl groups is 1. The quantitative estimate of drug-likeness (QED) is 0.390. The number of phenolic OH excluding ortho intramolecular Hbond substituents is 1. The zero-order valence-corrected chi connectivity index (χ0v) is 15.8. The van der Waals surface area contributed by atoms with Crippen LogP contribution in [0.1, 0.15) is 22.7 Å². The summed E-state index contributed by atoms with van der Waals surface area (Å²) in [4.78, 5) is 27.1. The van der Waals surface area contributed by atoms with Crippen molar-refractivity contribution in [3.63, 3.8) is 0 Å². The van der Waals surface area contributed by atoms with Crippen LogP contribution in [0.4, 0.5) is 4.39 Å². The van der Waals surface area contributed by atoms with Crippen LogP contribution in [-0.2, 0) is 16.1 Å². The van der Waals surface area contributed by atoms with Gasteiger partial charge in [-0.2, -0.15) is 0 Å². The summed E-state index contributed by atoms with van der Waals surface area (Å²) in [5, 5.41) is 20.8. The Morgan fingerprint density at radius 3 is 2.30 bits per heavy atom. The maximum Gasteiger partial charge on any atom is 0.295 e. The molecule has 1 fully saturated rings. The van der Waals surface area contributed by atoms with Crippen LogP contribution < -0.4 is 0 Å². The summed E-state index contributed by atoms with van der Waals surface area (Å²) < 4.78 is 13.3. The largest absolute Gasteiger partial charge is 0.508 e. The number of aromatic hydroxyl groups is 1. The lowest BCUT2D eigenvalue weighted by molar-refractivity contribution is -0.140. The van der Waals surface area contributed by atoms with Gasteiger partial charge in [0.05, 0.1) is 11.6 Å². The third kappa shape index (κ3) is 3.55. The average molecular weight is 403 g/mol. The zero-order valence-electron chi connectivity index (χ0n) is 15.8. The highest BCUT2D eigenvalue weighted by molar-refractivity contribution is 6.46. The summed E-state index contributed by atoms with van der Waals surface area (Å²) in [6.45, 7) is 0.0384. The van der Waals surface area contributed by atoms with Crippen LogP contribution in [-0.4, -0.2) is 26.8 Å². The van der Waals surface area contributed by atoms with Gasteiger partial charge in [0.1, 0.15) is 17.3 Å². The molecular weight excluding hydrogens is 385 g/mol. The molecule has 1 heterocycles. The molecular formula is C24H18FNO4. The number of aliphatic hydroxyl groups excluding tert-OH is 1. The Labute approximate surface area is 172 Å². The molecule has 0 aromatic heterocycles. The van der Waals surface area contributed by atoms with Crippen molar-refractivity contribution in [2.75, 3.05) is 0 Å². The van der Waals surface area contributed by atoms with Crippen molar-refractivity contribution in [1.82, 2.24) is 4.90 Å². The van der Waals surface area contributed by atoms with E-state index in [1.54, 1.807) is 42.5 Å². The highest BCUT2D eigenvalue weighted by Gasteiger charge is 2.46. The Kier molecular flexibility index (Phi) is 5.06. The number of benzene rings is 3. The van der Waals surface area contributed by atoms with Crippen molar-refractivity contribution < 1.29 is 24.2 Å². The number of hydrogen-bond acceptors (Lipinski definition) is 4. The molecule has 3 aromatic rings. The Morgan fingerprint density at radius 2 is 1.63 bits per heavy atom. The molecule has 3 aromatic carbocycles. The van der Waals surface area contributed by atoms with Gasteiger partial charge in [-0.1, -0.05) is 54.6 Å². The minimum atomic E-state index is -0.901. The number of hydrogen-bond donors (Lipinski definition) is 2. The number of phenols is 1. The van der Waals surface area contributed by atoms with Gasteiger partial charge >= 0.3 is 0 Å². The first-order valence-electron chi connectivity index (χ1n) is 9.33. The predicted molar refractivity (Wildman–Crippen MR) is 109 cm³/mol. The van der Waals surface area contributed by atoms with E-state index in [4.69, 9.17) is 0 Å². The van der Waals surface area contributed by atoms with Crippen molar-refractivity contribution in [1.29, 1.82) is 0 Å². The van der Waals surface area contributed by atoms with E-state index in [1.165, 1.54) is 41.3 Å². The molecule has 0 saturated carbocycles. The van der Waals surface area contributed by atoms with E-state index < -0.39 is 23.5 Å². The first-order chi connectivity index (χ1) is 14.5. The molecule has 150 valence electrons. The number of carbonyl (C=O) groups excluding carboxylic acids is 2. The molecule has 4 rings (SSSR count). The Bertz CT molecular complexity index is 1140. The number of halogens is 1. The second kappa shape index (κ2) is 7.83. The first-order valence-corrected chi connectivity index (χ1v) is 9.33. The number of nitrogens with zero attached hydrogens (tertiary/aromatic N) is 1. The van der Waals surface area contributed by atoms with Gasteiger partial charge in [0, 0.05) is 12.1 Å². The van der Waals surface area contributed by atoms with Gasteiger partial charge in [-0.3, -0.25) is 9.59 Å². The standard InChI is InChI=1S/C24H18FNO4/c25-18-11-9-15(10-12-18)14-26-21(17-7-4-8-19(27)13-17)20(23(29)24(26)30)22(28)16-5-2-1-3-6-16/h1-13,21,27-28H,14H2/b22-20-. The predicted octanol–water partition coefficient (Wildman–Crippen LogP) is 4.15. The number of rotatable bonds is 4. The first kappa shape index (κ1) is 19.4. The number of likely N-dealkylation sites (tertiary alicyclic amines) is 1. The van der Waals surface area contributed by atoms with E-state index >= 15 is 0 Å². The van der Waals surface area contributed by atoms with Gasteiger partial charge in [0.25, 0.3) is 11.7 Å². The fourth-order valence-corrected chi connectivity index (χ4v) is 3.62. The van der Waals surface area contributed by atoms with Crippen LogP contribution in [0.3, 0.4) is 0 Å². The molecule has 30 heavy (non-hydrogen) atoms. The zero-order chi connectivity index (χ0) is 21.3. The molecule has 1 unspecified atom stereocenters. The van der Waals surface area contributed by atoms with Crippen LogP contribution in [0, 0.1) is 5.82 Å². The maximum atomic E-state index is 13.3. The van der Waals surface area contributed by atoms with Crippen LogP contribution in [0.15, 0.2) is 84.4 Å². The normalized spacial score (nSPS) is 18.0. The molecule has 6 heteroatoms. The van der Waals surface area contributed by atoms with Crippen LogP contribution >= 0.6 is 0 Å². The van der Waals surface area contributed by atoms with Crippen LogP contribution in [0.5, 0.6) is 5.75 Å². The van der Waals surface area contributed by atoms with Gasteiger partial charge in [-0.25, -0.2) is 4.39 Å². The van der Waals surface area contributed by atoms with Gasteiger partial charge in [-0.05, 0) is 35.4 Å². The summed E-state index contributed by atoms with van der Waals surface area (Å²) in [6.07, 6.45) is 0. The van der Waals surface area contributed by atoms with E-state index in [0.29, 0.717) is 16.7 Å². The molecule has 0 aliphatic carbocycles. The minimum Gasteiger partial charge on any atom is -0.508 e. The molecule has 1 saturated heterocycles. The number of amides is 1. The lowest BCUT2D eigenvalue weighted by atomic mass is 9.95. The summed E-state index contributed by atoms with van der Waals surface area (Å²) in [5.74, 6) is -2.31. The Balaban J connectivity index is 1.86. The molecule has 0 spiro atoms. The summed E-state index contributed by atoms with van der Waals surface area (Å²) in [6, 6.07) is 19.4. The van der Waals surface area contributed by atoms with E-state index in [1.807, 2.05) is 0 Å². The van der Waals surface area contributed by atoms with Crippen molar-refractivity contribution in [2.45, 2.75) is 12.6 Å². The fourth-order valence-electron chi connectivity index (χ4n) is 3.62. The van der Waals surface area contributed by atoms with Crippen LogP contribution in [0.25, 0.3) is 5.76 Å². The lowest BCUT2D eigenvalue weighted by Crippen LogP contribution is -2.29. The molecule has 1 aliphatic rings. The number of ketones is 1. The topological polar surface area (TPSA) is 77.8 Å². The SMILES string of the molecule is O=C1C(=O)N(Cc2ccc(F)cc2)C(c2cccc(O)c2)/C1=C(/O)c1ccccc1. The molecule has 1 amide bonds. The van der Waals surface area contributed by atoms with E-state index in [2.05, 4.69) is 0 Å². The smallest absolute Gasteiger partial charge is 0.295 e. The number of Topliss-reactive ketones (excluding diaryl/α,β-unsaturated/α-hetero) is 1. The third-order valence-electron chi connectivity index (χ3n) is 5.04. The number of carbonyl (C=O) groups is 2. The second-order valence-corrected chi connectivity index (χ2v) is 7.01. The molecule has 0 radical (unpaired) electrons. The van der Waals surface area contributed by atoms with Crippen molar-refractivity contribution in [3.8, 4) is 5.75 Å². The maximum absolute atomic E-state index is 13.3. The average Bonchev–Trinajstić information content (AvgIpc) is 3.00. The van der Waals surface area contributed by atoms with Gasteiger partial charge in [-0.15, -0.1) is 0 Å².